The Balaban J connectivity index is 1.73. The van der Waals surface area contributed by atoms with Gasteiger partial charge in [-0.25, -0.2) is 22.0 Å². The quantitative estimate of drug-likeness (QED) is 0.329. The second-order valence-electron chi connectivity index (χ2n) is 10.4. The zero-order chi connectivity index (χ0) is 29.7. The van der Waals surface area contributed by atoms with Gasteiger partial charge in [0.05, 0.1) is 22.6 Å². The van der Waals surface area contributed by atoms with Gasteiger partial charge in [-0.15, -0.1) is 4.40 Å². The number of carbonyl (C=O) groups excluding carboxylic acids is 1. The fourth-order valence-corrected chi connectivity index (χ4v) is 8.19. The summed E-state index contributed by atoms with van der Waals surface area (Å²) in [4.78, 5) is 13.6. The lowest BCUT2D eigenvalue weighted by atomic mass is 9.66. The lowest BCUT2D eigenvalue weighted by Crippen LogP contribution is -2.42. The first kappa shape index (κ1) is 29.7. The summed E-state index contributed by atoms with van der Waals surface area (Å²) in [6.07, 6.45) is 1.17. The molecule has 0 bridgehead atoms. The molecular weight excluding hydrogens is 580 g/mol. The molecule has 0 fully saturated rings. The van der Waals surface area contributed by atoms with Crippen molar-refractivity contribution in [2.75, 3.05) is 21.5 Å². The van der Waals surface area contributed by atoms with Gasteiger partial charge in [-0.2, -0.15) is 8.42 Å². The summed E-state index contributed by atoms with van der Waals surface area (Å²) in [6.45, 7) is 5.83. The molecule has 1 aliphatic heterocycles. The van der Waals surface area contributed by atoms with E-state index in [1.54, 1.807) is 31.2 Å². The number of nitrogens with one attached hydrogen (secondary N) is 2. The number of carbonyl (C=O) groups is 1. The molecule has 2 aliphatic rings. The Bertz CT molecular complexity index is 1780. The van der Waals surface area contributed by atoms with Gasteiger partial charge < -0.3 is 10.4 Å². The van der Waals surface area contributed by atoms with E-state index in [0.717, 1.165) is 6.07 Å². The minimum atomic E-state index is -4.46. The number of nitrogens with two attached hydrogens (primary N) is 1. The maximum absolute atomic E-state index is 13.9. The van der Waals surface area contributed by atoms with Crippen molar-refractivity contribution in [3.63, 3.8) is 0 Å². The number of rotatable bonds is 9. The molecule has 1 atom stereocenters. The van der Waals surface area contributed by atoms with E-state index in [1.165, 1.54) is 12.1 Å². The van der Waals surface area contributed by atoms with E-state index in [9.17, 15) is 35.2 Å². The van der Waals surface area contributed by atoms with Crippen LogP contribution < -0.4 is 15.2 Å². The van der Waals surface area contributed by atoms with Crippen molar-refractivity contribution >= 4 is 58.8 Å². The van der Waals surface area contributed by atoms with Crippen molar-refractivity contribution in [2.24, 2.45) is 15.5 Å². The summed E-state index contributed by atoms with van der Waals surface area (Å²) in [5.74, 6) is -2.58. The lowest BCUT2D eigenvalue weighted by molar-refractivity contribution is -0.120. The van der Waals surface area contributed by atoms with E-state index in [0.29, 0.717) is 29.9 Å². The summed E-state index contributed by atoms with van der Waals surface area (Å²) in [5, 5.41) is 18.8. The van der Waals surface area contributed by atoms with Crippen LogP contribution in [-0.2, 0) is 40.3 Å². The maximum Gasteiger partial charge on any atom is 0.286 e. The smallest absolute Gasteiger partial charge is 0.286 e. The van der Waals surface area contributed by atoms with Gasteiger partial charge in [0.15, 0.2) is 11.6 Å². The Labute approximate surface area is 233 Å². The maximum atomic E-state index is 13.9. The van der Waals surface area contributed by atoms with E-state index >= 15 is 0 Å². The topological polar surface area (TPSA) is 202 Å². The summed E-state index contributed by atoms with van der Waals surface area (Å²) in [5.41, 5.74) is -0.403. The van der Waals surface area contributed by atoms with Gasteiger partial charge in [0.2, 0.25) is 20.0 Å². The predicted octanol–water partition coefficient (Wildman–Crippen LogP) is 2.48. The van der Waals surface area contributed by atoms with Crippen molar-refractivity contribution in [1.29, 1.82) is 0 Å². The number of anilines is 2. The summed E-state index contributed by atoms with van der Waals surface area (Å²) < 4.78 is 79.1. The first-order chi connectivity index (χ1) is 18.4. The normalized spacial score (nSPS) is 20.4. The fraction of sp³-hybridized carbons (Fsp3) is 0.360. The monoisotopic (exact) mass is 610 g/mol. The van der Waals surface area contributed by atoms with Crippen LogP contribution in [0, 0.1) is 5.92 Å². The number of sulfonamides is 3. The molecule has 2 aromatic carbocycles. The Morgan fingerprint density at radius 2 is 1.77 bits per heavy atom. The zero-order valence-corrected chi connectivity index (χ0v) is 24.5. The minimum Gasteiger partial charge on any atom is -0.506 e. The number of benzene rings is 2. The third kappa shape index (κ3) is 5.92. The summed E-state index contributed by atoms with van der Waals surface area (Å²) in [6, 6.07) is 10.5. The van der Waals surface area contributed by atoms with Crippen LogP contribution in [0.3, 0.4) is 0 Å². The van der Waals surface area contributed by atoms with Crippen LogP contribution in [0.1, 0.15) is 44.7 Å². The average Bonchev–Trinajstić information content (AvgIpc) is 2.85. The number of hydrogen-bond donors (Lipinski definition) is 4. The van der Waals surface area contributed by atoms with E-state index in [4.69, 9.17) is 5.14 Å². The molecule has 1 aliphatic carbocycles. The molecule has 2 aromatic rings. The van der Waals surface area contributed by atoms with E-state index in [-0.39, 0.29) is 27.7 Å². The predicted molar refractivity (Wildman–Crippen MR) is 152 cm³/mol. The SMILES string of the molecule is CC(C)CC[C@@]1(C)C(=O)C(C2=NS(=O)(=O)c3cc(NS(=O)(=O)CCS(N)(=O)=O)ccc3N2)=C(O)c2ccccc21. The standard InChI is InChI=1S/C25H30N4O8S3/c1-15(2)10-11-25(3)18-7-5-4-6-17(18)22(30)21(23(25)31)24-27-19-9-8-16(14-20(19)40(36,37)29-24)28-39(34,35)13-12-38(26,32)33/h4-9,14-15,28,30H,10-13H2,1-3H3,(H,27,29)(H2,26,32,33)/t25-/m1/s1. The Morgan fingerprint density at radius 3 is 2.42 bits per heavy atom. The van der Waals surface area contributed by atoms with Crippen LogP contribution in [0.2, 0.25) is 0 Å². The molecule has 0 saturated carbocycles. The number of primary sulfonamides is 1. The first-order valence-corrected chi connectivity index (χ1v) is 17.1. The highest BCUT2D eigenvalue weighted by molar-refractivity contribution is 7.95. The van der Waals surface area contributed by atoms with Crippen LogP contribution in [-0.4, -0.2) is 53.5 Å². The summed E-state index contributed by atoms with van der Waals surface area (Å²) in [7, 11) is -12.7. The van der Waals surface area contributed by atoms with Gasteiger partial charge in [0.1, 0.15) is 16.2 Å². The number of amidine groups is 1. The second-order valence-corrected chi connectivity index (χ2v) is 15.6. The van der Waals surface area contributed by atoms with E-state index in [1.807, 2.05) is 13.8 Å². The van der Waals surface area contributed by atoms with Crippen LogP contribution in [0.25, 0.3) is 5.76 Å². The number of hydrogen-bond acceptors (Lipinski definition) is 9. The van der Waals surface area contributed by atoms with E-state index < -0.39 is 58.5 Å². The third-order valence-electron chi connectivity index (χ3n) is 6.83. The third-order valence-corrected chi connectivity index (χ3v) is 10.5. The highest BCUT2D eigenvalue weighted by Gasteiger charge is 2.46. The lowest BCUT2D eigenvalue weighted by Gasteiger charge is -2.36. The number of aliphatic hydroxyl groups is 1. The van der Waals surface area contributed by atoms with Gasteiger partial charge in [-0.05, 0) is 49.4 Å². The van der Waals surface area contributed by atoms with Crippen LogP contribution >= 0.6 is 0 Å². The molecule has 0 aromatic heterocycles. The van der Waals surface area contributed by atoms with Crippen molar-refractivity contribution in [3.8, 4) is 0 Å². The van der Waals surface area contributed by atoms with Crippen LogP contribution in [0.5, 0.6) is 0 Å². The van der Waals surface area contributed by atoms with Gasteiger partial charge in [0.25, 0.3) is 10.0 Å². The molecular formula is C25H30N4O8S3. The number of nitrogens with zero attached hydrogens (tertiary/aromatic N) is 1. The molecule has 12 nitrogen and oxygen atoms in total. The van der Waals surface area contributed by atoms with Gasteiger partial charge >= 0.3 is 0 Å². The molecule has 0 spiro atoms. The van der Waals surface area contributed by atoms with Crippen LogP contribution in [0.15, 0.2) is 57.3 Å². The molecule has 0 amide bonds. The molecule has 0 radical (unpaired) electrons. The highest BCUT2D eigenvalue weighted by atomic mass is 32.2. The minimum absolute atomic E-state index is 0.00771. The van der Waals surface area contributed by atoms with Gasteiger partial charge in [-0.3, -0.25) is 9.52 Å². The first-order valence-electron chi connectivity index (χ1n) is 12.3. The zero-order valence-electron chi connectivity index (χ0n) is 22.0. The fourth-order valence-electron chi connectivity index (χ4n) is 4.64. The molecule has 15 heteroatoms. The largest absolute Gasteiger partial charge is 0.506 e. The summed E-state index contributed by atoms with van der Waals surface area (Å²) >= 11 is 0. The van der Waals surface area contributed by atoms with Gasteiger partial charge in [0, 0.05) is 11.3 Å². The number of fused-ring (bicyclic) bond motifs is 2. The van der Waals surface area contributed by atoms with Crippen molar-refractivity contribution in [3.05, 3.63) is 59.2 Å². The average molecular weight is 611 g/mol. The second kappa shape index (κ2) is 10.3. The molecule has 0 saturated heterocycles. The van der Waals surface area contributed by atoms with E-state index in [2.05, 4.69) is 14.4 Å². The Kier molecular flexibility index (Phi) is 7.64. The number of Topliss-reactive ketones (excluding diaryl/α,β-unsaturated/α-hetero) is 1. The Hall–Kier alpha value is -3.27. The molecule has 0 unspecified atom stereocenters. The molecule has 40 heavy (non-hydrogen) atoms. The molecule has 4 rings (SSSR count). The number of ketones is 1. The highest BCUT2D eigenvalue weighted by Crippen LogP contribution is 2.44. The van der Waals surface area contributed by atoms with Crippen molar-refractivity contribution in [2.45, 2.75) is 43.9 Å². The number of aliphatic hydroxyl groups excluding tert-OH is 1. The van der Waals surface area contributed by atoms with Crippen molar-refractivity contribution in [1.82, 2.24) is 0 Å². The van der Waals surface area contributed by atoms with Gasteiger partial charge in [-0.1, -0.05) is 38.1 Å². The van der Waals surface area contributed by atoms with Crippen molar-refractivity contribution < 1.29 is 35.2 Å². The Morgan fingerprint density at radius 1 is 1.10 bits per heavy atom. The van der Waals surface area contributed by atoms with Crippen LogP contribution in [0.4, 0.5) is 11.4 Å². The molecule has 216 valence electrons. The molecule has 5 N–H and O–H groups in total. The molecule has 1 heterocycles.